The Morgan fingerprint density at radius 2 is 2.05 bits per heavy atom. The number of carbonyl (C=O) groups excluding carboxylic acids is 3. The summed E-state index contributed by atoms with van der Waals surface area (Å²) in [7, 11) is 0. The Labute approximate surface area is 217 Å². The molecular formula is C22H18ClN3O10S. The first-order chi connectivity index (χ1) is 17.6. The SMILES string of the molecule is CC(=O)OCC1=C(C(=O)O)N2C(=O)C(NC(=O)c3ccc(COc4cc([N+](=O)[O-])ccc4Cl)o3)C2SC1. The molecule has 2 N–H and O–H groups in total. The van der Waals surface area contributed by atoms with Crippen LogP contribution in [0.25, 0.3) is 0 Å². The highest BCUT2D eigenvalue weighted by molar-refractivity contribution is 8.00. The van der Waals surface area contributed by atoms with Gasteiger partial charge in [0.2, 0.25) is 0 Å². The van der Waals surface area contributed by atoms with Gasteiger partial charge in [-0.1, -0.05) is 11.6 Å². The molecule has 1 saturated heterocycles. The molecule has 1 aromatic carbocycles. The van der Waals surface area contributed by atoms with E-state index >= 15 is 0 Å². The zero-order valence-electron chi connectivity index (χ0n) is 19.0. The molecule has 1 fully saturated rings. The summed E-state index contributed by atoms with van der Waals surface area (Å²) in [6.07, 6.45) is 0. The zero-order valence-corrected chi connectivity index (χ0v) is 20.5. The topological polar surface area (TPSA) is 179 Å². The van der Waals surface area contributed by atoms with Gasteiger partial charge in [-0.05, 0) is 18.2 Å². The molecule has 0 spiro atoms. The molecule has 3 heterocycles. The molecule has 0 radical (unpaired) electrons. The molecule has 2 aliphatic rings. The molecule has 2 unspecified atom stereocenters. The molecule has 4 rings (SSSR count). The number of carboxylic acids is 1. The van der Waals surface area contributed by atoms with Crippen LogP contribution in [-0.4, -0.2) is 62.5 Å². The van der Waals surface area contributed by atoms with Crippen molar-refractivity contribution in [2.24, 2.45) is 0 Å². The normalized spacial score (nSPS) is 18.5. The van der Waals surface area contributed by atoms with Crippen molar-refractivity contribution in [1.29, 1.82) is 0 Å². The number of nitrogens with one attached hydrogen (secondary N) is 1. The van der Waals surface area contributed by atoms with Crippen LogP contribution in [0.5, 0.6) is 5.75 Å². The zero-order chi connectivity index (χ0) is 26.9. The Bertz CT molecular complexity index is 1340. The first kappa shape index (κ1) is 26.0. The maximum absolute atomic E-state index is 12.7. The number of amides is 2. The van der Waals surface area contributed by atoms with E-state index in [1.165, 1.54) is 43.0 Å². The average Bonchev–Trinajstić information content (AvgIpc) is 3.33. The average molecular weight is 552 g/mol. The van der Waals surface area contributed by atoms with E-state index in [2.05, 4.69) is 5.32 Å². The molecule has 194 valence electrons. The standard InChI is InChI=1S/C22H18ClN3O10S/c1-10(27)34-7-11-9-37-21-17(20(29)25(21)18(11)22(30)31)24-19(28)15-5-3-13(36-15)8-35-16-6-12(26(32)33)2-4-14(16)23/h2-6,17,21H,7-9H2,1H3,(H,24,28)(H,30,31). The maximum Gasteiger partial charge on any atom is 0.352 e. The van der Waals surface area contributed by atoms with Gasteiger partial charge in [0.05, 0.1) is 16.0 Å². The first-order valence-corrected chi connectivity index (χ1v) is 12.0. The first-order valence-electron chi connectivity index (χ1n) is 10.6. The van der Waals surface area contributed by atoms with Crippen molar-refractivity contribution in [2.75, 3.05) is 12.4 Å². The van der Waals surface area contributed by atoms with E-state index in [9.17, 15) is 34.4 Å². The lowest BCUT2D eigenvalue weighted by Gasteiger charge is -2.49. The number of hydrogen-bond acceptors (Lipinski definition) is 10. The van der Waals surface area contributed by atoms with Gasteiger partial charge in [-0.15, -0.1) is 11.8 Å². The number of nitro groups is 1. The van der Waals surface area contributed by atoms with E-state index in [4.69, 9.17) is 25.5 Å². The number of benzene rings is 1. The highest BCUT2D eigenvalue weighted by atomic mass is 35.5. The predicted octanol–water partition coefficient (Wildman–Crippen LogP) is 2.34. The van der Waals surface area contributed by atoms with Crippen LogP contribution in [0.2, 0.25) is 5.02 Å². The molecular weight excluding hydrogens is 534 g/mol. The summed E-state index contributed by atoms with van der Waals surface area (Å²) in [5.41, 5.74) is -0.197. The summed E-state index contributed by atoms with van der Waals surface area (Å²) >= 11 is 7.23. The number of non-ortho nitro benzene ring substituents is 1. The molecule has 0 saturated carbocycles. The number of nitro benzene ring substituents is 1. The fourth-order valence-corrected chi connectivity index (χ4v) is 5.14. The number of hydrogen-bond donors (Lipinski definition) is 2. The van der Waals surface area contributed by atoms with Crippen LogP contribution in [0.1, 0.15) is 23.2 Å². The summed E-state index contributed by atoms with van der Waals surface area (Å²) in [6.45, 7) is 0.756. The third-order valence-electron chi connectivity index (χ3n) is 5.37. The molecule has 13 nitrogen and oxygen atoms in total. The van der Waals surface area contributed by atoms with Gasteiger partial charge in [0.1, 0.15) is 41.8 Å². The van der Waals surface area contributed by atoms with Crippen LogP contribution in [0.15, 0.2) is 46.0 Å². The van der Waals surface area contributed by atoms with E-state index < -0.39 is 40.1 Å². The Balaban J connectivity index is 1.39. The number of aliphatic carboxylic acids is 1. The summed E-state index contributed by atoms with van der Waals surface area (Å²) in [5.74, 6) is -2.91. The van der Waals surface area contributed by atoms with E-state index in [1.807, 2.05) is 0 Å². The number of halogens is 1. The number of thioether (sulfide) groups is 1. The Morgan fingerprint density at radius 1 is 1.30 bits per heavy atom. The highest BCUT2D eigenvalue weighted by Gasteiger charge is 2.54. The van der Waals surface area contributed by atoms with Crippen LogP contribution in [0.3, 0.4) is 0 Å². The van der Waals surface area contributed by atoms with Crippen molar-refractivity contribution in [3.05, 3.63) is 68.3 Å². The number of esters is 1. The van der Waals surface area contributed by atoms with Crippen molar-refractivity contribution in [2.45, 2.75) is 24.9 Å². The van der Waals surface area contributed by atoms with Gasteiger partial charge in [0.25, 0.3) is 17.5 Å². The highest BCUT2D eigenvalue weighted by Crippen LogP contribution is 2.40. The fraction of sp³-hybridized carbons (Fsp3) is 0.273. The number of rotatable bonds is 9. The van der Waals surface area contributed by atoms with Crippen LogP contribution in [0.4, 0.5) is 5.69 Å². The minimum Gasteiger partial charge on any atom is -0.484 e. The molecule has 1 aromatic heterocycles. The molecule has 0 aliphatic carbocycles. The third-order valence-corrected chi connectivity index (χ3v) is 7.02. The van der Waals surface area contributed by atoms with Crippen molar-refractivity contribution in [3.8, 4) is 5.75 Å². The second-order valence-corrected chi connectivity index (χ2v) is 9.34. The molecule has 15 heteroatoms. The van der Waals surface area contributed by atoms with Crippen LogP contribution in [0, 0.1) is 10.1 Å². The maximum atomic E-state index is 12.7. The lowest BCUT2D eigenvalue weighted by atomic mass is 10.0. The molecule has 37 heavy (non-hydrogen) atoms. The monoisotopic (exact) mass is 551 g/mol. The van der Waals surface area contributed by atoms with Gasteiger partial charge >= 0.3 is 11.9 Å². The van der Waals surface area contributed by atoms with Gasteiger partial charge in [-0.25, -0.2) is 4.79 Å². The number of nitrogens with zero attached hydrogens (tertiary/aromatic N) is 2. The van der Waals surface area contributed by atoms with Gasteiger partial charge < -0.3 is 24.3 Å². The lowest BCUT2D eigenvalue weighted by molar-refractivity contribution is -0.384. The number of ether oxygens (including phenoxy) is 2. The number of fused-ring (bicyclic) bond motifs is 1. The second kappa shape index (κ2) is 10.5. The smallest absolute Gasteiger partial charge is 0.352 e. The predicted molar refractivity (Wildman–Crippen MR) is 127 cm³/mol. The van der Waals surface area contributed by atoms with Crippen molar-refractivity contribution in [3.63, 3.8) is 0 Å². The number of carbonyl (C=O) groups is 4. The second-order valence-electron chi connectivity index (χ2n) is 7.82. The number of β-lactam (4-membered cyclic amide) rings is 1. The lowest BCUT2D eigenvalue weighted by Crippen LogP contribution is -2.70. The van der Waals surface area contributed by atoms with E-state index in [1.54, 1.807) is 0 Å². The Morgan fingerprint density at radius 3 is 2.73 bits per heavy atom. The quantitative estimate of drug-likeness (QED) is 0.202. The van der Waals surface area contributed by atoms with E-state index in [0.29, 0.717) is 0 Å². The van der Waals surface area contributed by atoms with Crippen molar-refractivity contribution in [1.82, 2.24) is 10.2 Å². The van der Waals surface area contributed by atoms with Gasteiger partial charge in [0.15, 0.2) is 5.76 Å². The largest absolute Gasteiger partial charge is 0.484 e. The van der Waals surface area contributed by atoms with Crippen LogP contribution >= 0.6 is 23.4 Å². The summed E-state index contributed by atoms with van der Waals surface area (Å²) < 4.78 is 15.8. The summed E-state index contributed by atoms with van der Waals surface area (Å²) in [5, 5.41) is 22.6. The van der Waals surface area contributed by atoms with Gasteiger partial charge in [-0.3, -0.25) is 29.4 Å². The number of carboxylic acid groups (broad SMARTS) is 1. The van der Waals surface area contributed by atoms with Gasteiger partial charge in [-0.2, -0.15) is 0 Å². The molecule has 2 amide bonds. The molecule has 2 aliphatic heterocycles. The minimum atomic E-state index is -1.34. The van der Waals surface area contributed by atoms with Gasteiger partial charge in [0, 0.05) is 24.3 Å². The Hall–Kier alpha value is -4.04. The Kier molecular flexibility index (Phi) is 7.40. The van der Waals surface area contributed by atoms with Crippen molar-refractivity contribution < 1.29 is 43.1 Å². The third kappa shape index (κ3) is 5.39. The van der Waals surface area contributed by atoms with Crippen LogP contribution in [-0.2, 0) is 25.7 Å². The fourth-order valence-electron chi connectivity index (χ4n) is 3.64. The number of furan rings is 1. The summed E-state index contributed by atoms with van der Waals surface area (Å²) in [6, 6.07) is 5.53. The minimum absolute atomic E-state index is 0.0584. The molecule has 0 bridgehead atoms. The van der Waals surface area contributed by atoms with Crippen LogP contribution < -0.4 is 10.1 Å². The molecule has 2 aromatic rings. The molecule has 2 atom stereocenters. The van der Waals surface area contributed by atoms with E-state index in [0.717, 1.165) is 11.0 Å². The van der Waals surface area contributed by atoms with E-state index in [-0.39, 0.29) is 58.2 Å². The summed E-state index contributed by atoms with van der Waals surface area (Å²) in [4.78, 5) is 59.7. The van der Waals surface area contributed by atoms with Crippen molar-refractivity contribution >= 4 is 52.8 Å².